The first-order valence-electron chi connectivity index (χ1n) is 5.15. The van der Waals surface area contributed by atoms with Crippen LogP contribution in [0.25, 0.3) is 0 Å². The van der Waals surface area contributed by atoms with Crippen LogP contribution in [0, 0.1) is 11.3 Å². The summed E-state index contributed by atoms with van der Waals surface area (Å²) in [5.74, 6) is 0. The molecule has 6 heteroatoms. The monoisotopic (exact) mass is 253 g/mol. The fraction of sp³-hybridized carbons (Fsp3) is 0.364. The SMILES string of the molecule is CS(=O)(=O)NCCNCc1cccc(C#N)c1. The average molecular weight is 253 g/mol. The van der Waals surface area contributed by atoms with Gasteiger partial charge in [0.2, 0.25) is 10.0 Å². The van der Waals surface area contributed by atoms with Crippen molar-refractivity contribution in [2.75, 3.05) is 19.3 Å². The zero-order valence-electron chi connectivity index (χ0n) is 9.60. The van der Waals surface area contributed by atoms with Crippen molar-refractivity contribution in [3.8, 4) is 6.07 Å². The molecule has 0 bridgehead atoms. The second kappa shape index (κ2) is 6.35. The van der Waals surface area contributed by atoms with Crippen LogP contribution in [-0.4, -0.2) is 27.8 Å². The van der Waals surface area contributed by atoms with E-state index in [4.69, 9.17) is 5.26 Å². The molecule has 0 spiro atoms. The molecular formula is C11H15N3O2S. The first-order valence-corrected chi connectivity index (χ1v) is 7.05. The summed E-state index contributed by atoms with van der Waals surface area (Å²) in [6.45, 7) is 1.52. The summed E-state index contributed by atoms with van der Waals surface area (Å²) in [6.07, 6.45) is 1.13. The molecule has 2 N–H and O–H groups in total. The van der Waals surface area contributed by atoms with Gasteiger partial charge in [-0.3, -0.25) is 0 Å². The number of sulfonamides is 1. The molecule has 92 valence electrons. The second-order valence-electron chi connectivity index (χ2n) is 3.66. The molecule has 0 aliphatic carbocycles. The Hall–Kier alpha value is -1.42. The van der Waals surface area contributed by atoms with Crippen molar-refractivity contribution in [1.29, 1.82) is 5.26 Å². The van der Waals surface area contributed by atoms with Crippen LogP contribution >= 0.6 is 0 Å². The number of rotatable bonds is 6. The third-order valence-electron chi connectivity index (χ3n) is 2.05. The van der Waals surface area contributed by atoms with E-state index in [0.29, 0.717) is 25.2 Å². The molecule has 0 aliphatic rings. The molecule has 0 fully saturated rings. The first kappa shape index (κ1) is 13.6. The first-order chi connectivity index (χ1) is 8.01. The van der Waals surface area contributed by atoms with Crippen LogP contribution in [0.4, 0.5) is 0 Å². The van der Waals surface area contributed by atoms with Gasteiger partial charge >= 0.3 is 0 Å². The lowest BCUT2D eigenvalue weighted by Crippen LogP contribution is -2.30. The van der Waals surface area contributed by atoms with E-state index < -0.39 is 10.0 Å². The fourth-order valence-corrected chi connectivity index (χ4v) is 1.78. The van der Waals surface area contributed by atoms with E-state index in [2.05, 4.69) is 16.1 Å². The van der Waals surface area contributed by atoms with Gasteiger partial charge in [0.1, 0.15) is 0 Å². The lowest BCUT2D eigenvalue weighted by Gasteiger charge is -2.05. The highest BCUT2D eigenvalue weighted by Crippen LogP contribution is 2.03. The van der Waals surface area contributed by atoms with Crippen molar-refractivity contribution >= 4 is 10.0 Å². The largest absolute Gasteiger partial charge is 0.311 e. The van der Waals surface area contributed by atoms with Gasteiger partial charge in [0.15, 0.2) is 0 Å². The number of nitrogens with one attached hydrogen (secondary N) is 2. The van der Waals surface area contributed by atoms with Crippen LogP contribution in [0.2, 0.25) is 0 Å². The van der Waals surface area contributed by atoms with Gasteiger partial charge in [-0.2, -0.15) is 5.26 Å². The summed E-state index contributed by atoms with van der Waals surface area (Å²) < 4.78 is 23.9. The quantitative estimate of drug-likeness (QED) is 0.709. The molecule has 0 amide bonds. The van der Waals surface area contributed by atoms with E-state index in [1.165, 1.54) is 0 Å². The van der Waals surface area contributed by atoms with Crippen molar-refractivity contribution in [3.63, 3.8) is 0 Å². The van der Waals surface area contributed by atoms with Crippen LogP contribution in [0.15, 0.2) is 24.3 Å². The van der Waals surface area contributed by atoms with E-state index in [0.717, 1.165) is 11.8 Å². The number of nitrogens with zero attached hydrogens (tertiary/aromatic N) is 1. The van der Waals surface area contributed by atoms with Gasteiger partial charge in [0, 0.05) is 19.6 Å². The van der Waals surface area contributed by atoms with Gasteiger partial charge in [0.25, 0.3) is 0 Å². The molecule has 1 aromatic carbocycles. The van der Waals surface area contributed by atoms with Crippen molar-refractivity contribution in [2.45, 2.75) is 6.54 Å². The molecule has 0 heterocycles. The zero-order chi connectivity index (χ0) is 12.7. The molecular weight excluding hydrogens is 238 g/mol. The van der Waals surface area contributed by atoms with Gasteiger partial charge in [-0.05, 0) is 17.7 Å². The summed E-state index contributed by atoms with van der Waals surface area (Å²) in [7, 11) is -3.11. The minimum atomic E-state index is -3.11. The molecule has 0 saturated carbocycles. The maximum absolute atomic E-state index is 10.8. The second-order valence-corrected chi connectivity index (χ2v) is 5.49. The van der Waals surface area contributed by atoms with Crippen LogP contribution < -0.4 is 10.0 Å². The van der Waals surface area contributed by atoms with Crippen molar-refractivity contribution in [1.82, 2.24) is 10.0 Å². The third kappa shape index (κ3) is 6.02. The molecule has 5 nitrogen and oxygen atoms in total. The van der Waals surface area contributed by atoms with Gasteiger partial charge in [-0.25, -0.2) is 13.1 Å². The molecule has 1 aromatic rings. The van der Waals surface area contributed by atoms with Crippen LogP contribution in [-0.2, 0) is 16.6 Å². The summed E-state index contributed by atoms with van der Waals surface area (Å²) in [5, 5.41) is 11.8. The Labute approximate surface area is 102 Å². The zero-order valence-corrected chi connectivity index (χ0v) is 10.4. The molecule has 0 aliphatic heterocycles. The highest BCUT2D eigenvalue weighted by atomic mass is 32.2. The lowest BCUT2D eigenvalue weighted by molar-refractivity contribution is 0.582. The maximum atomic E-state index is 10.8. The predicted octanol–water partition coefficient (Wildman–Crippen LogP) is 0.197. The summed E-state index contributed by atoms with van der Waals surface area (Å²) in [4.78, 5) is 0. The van der Waals surface area contributed by atoms with Gasteiger partial charge in [-0.1, -0.05) is 12.1 Å². The Morgan fingerprint density at radius 3 is 2.76 bits per heavy atom. The van der Waals surface area contributed by atoms with E-state index in [-0.39, 0.29) is 0 Å². The Kier molecular flexibility index (Phi) is 5.10. The molecule has 1 rings (SSSR count). The molecule has 0 atom stereocenters. The Bertz CT molecular complexity index is 506. The smallest absolute Gasteiger partial charge is 0.208 e. The summed E-state index contributed by atoms with van der Waals surface area (Å²) in [6, 6.07) is 9.35. The van der Waals surface area contributed by atoms with Crippen LogP contribution in [0.1, 0.15) is 11.1 Å². The Morgan fingerprint density at radius 1 is 1.35 bits per heavy atom. The Morgan fingerprint density at radius 2 is 2.12 bits per heavy atom. The molecule has 0 radical (unpaired) electrons. The third-order valence-corrected chi connectivity index (χ3v) is 2.78. The molecule has 17 heavy (non-hydrogen) atoms. The van der Waals surface area contributed by atoms with E-state index in [1.807, 2.05) is 12.1 Å². The van der Waals surface area contributed by atoms with Gasteiger partial charge in [0.05, 0.1) is 17.9 Å². The van der Waals surface area contributed by atoms with E-state index in [1.54, 1.807) is 12.1 Å². The maximum Gasteiger partial charge on any atom is 0.208 e. The van der Waals surface area contributed by atoms with Crippen molar-refractivity contribution in [3.05, 3.63) is 35.4 Å². The van der Waals surface area contributed by atoms with Crippen LogP contribution in [0.5, 0.6) is 0 Å². The number of hydrogen-bond donors (Lipinski definition) is 2. The van der Waals surface area contributed by atoms with Crippen LogP contribution in [0.3, 0.4) is 0 Å². The highest BCUT2D eigenvalue weighted by Gasteiger charge is 1.99. The predicted molar refractivity (Wildman–Crippen MR) is 65.7 cm³/mol. The van der Waals surface area contributed by atoms with Crippen molar-refractivity contribution < 1.29 is 8.42 Å². The minimum absolute atomic E-state index is 0.358. The fourth-order valence-electron chi connectivity index (χ4n) is 1.31. The highest BCUT2D eigenvalue weighted by molar-refractivity contribution is 7.88. The molecule has 0 aromatic heterocycles. The number of nitriles is 1. The number of benzene rings is 1. The molecule has 0 unspecified atom stereocenters. The summed E-state index contributed by atoms with van der Waals surface area (Å²) >= 11 is 0. The topological polar surface area (TPSA) is 82.0 Å². The Balaban J connectivity index is 2.29. The standard InChI is InChI=1S/C11H15N3O2S/c1-17(15,16)14-6-5-13-9-11-4-2-3-10(7-11)8-12/h2-4,7,13-14H,5-6,9H2,1H3. The number of hydrogen-bond acceptors (Lipinski definition) is 4. The average Bonchev–Trinajstić information content (AvgIpc) is 2.27. The lowest BCUT2D eigenvalue weighted by atomic mass is 10.1. The summed E-state index contributed by atoms with van der Waals surface area (Å²) in [5.41, 5.74) is 1.63. The van der Waals surface area contributed by atoms with Gasteiger partial charge in [-0.15, -0.1) is 0 Å². The van der Waals surface area contributed by atoms with Crippen molar-refractivity contribution in [2.24, 2.45) is 0 Å². The van der Waals surface area contributed by atoms with E-state index in [9.17, 15) is 8.42 Å². The van der Waals surface area contributed by atoms with E-state index >= 15 is 0 Å². The normalized spacial score (nSPS) is 11.1. The minimum Gasteiger partial charge on any atom is -0.311 e. The molecule has 0 saturated heterocycles. The van der Waals surface area contributed by atoms with Gasteiger partial charge < -0.3 is 5.32 Å².